The lowest BCUT2D eigenvalue weighted by Gasteiger charge is -2.10. The van der Waals surface area contributed by atoms with Gasteiger partial charge in [0.15, 0.2) is 5.82 Å². The van der Waals surface area contributed by atoms with E-state index in [1.807, 2.05) is 0 Å². The van der Waals surface area contributed by atoms with Gasteiger partial charge in [0, 0.05) is 18.1 Å². The van der Waals surface area contributed by atoms with Crippen molar-refractivity contribution in [2.75, 3.05) is 0 Å². The lowest BCUT2D eigenvalue weighted by Crippen LogP contribution is -2.17. The zero-order valence-electron chi connectivity index (χ0n) is 13.0. The van der Waals surface area contributed by atoms with Crippen LogP contribution < -0.4 is 4.74 Å². The van der Waals surface area contributed by atoms with Crippen molar-refractivity contribution in [2.45, 2.75) is 12.3 Å². The number of nitrogens with zero attached hydrogens (tertiary/aromatic N) is 3. The van der Waals surface area contributed by atoms with Gasteiger partial charge in [0.1, 0.15) is 12.1 Å². The molecule has 0 spiro atoms. The summed E-state index contributed by atoms with van der Waals surface area (Å²) in [5.74, 6) is -3.27. The van der Waals surface area contributed by atoms with Gasteiger partial charge in [-0.1, -0.05) is 24.3 Å². The van der Waals surface area contributed by atoms with E-state index in [1.165, 1.54) is 47.4 Å². The number of ether oxygens (including phenoxy) is 1. The Balaban J connectivity index is 1.79. The molecule has 0 N–H and O–H groups in total. The fourth-order valence-corrected chi connectivity index (χ4v) is 2.18. The van der Waals surface area contributed by atoms with Gasteiger partial charge in [-0.25, -0.2) is 18.4 Å². The summed E-state index contributed by atoms with van der Waals surface area (Å²) in [5, 5.41) is 4.19. The number of aromatic nitrogens is 3. The fraction of sp³-hybridized carbons (Fsp3) is 0.118. The van der Waals surface area contributed by atoms with Crippen molar-refractivity contribution in [3.05, 3.63) is 67.3 Å². The molecule has 26 heavy (non-hydrogen) atoms. The highest BCUT2D eigenvalue weighted by molar-refractivity contribution is 5.55. The molecule has 0 aliphatic heterocycles. The molecule has 1 radical (unpaired) electrons. The third-order valence-corrected chi connectivity index (χ3v) is 3.39. The molecule has 0 atom stereocenters. The molecule has 0 fully saturated rings. The molecule has 3 aromatic rings. The second-order valence-corrected chi connectivity index (χ2v) is 5.34. The number of halogens is 5. The van der Waals surface area contributed by atoms with Gasteiger partial charge in [0.05, 0.1) is 5.69 Å². The van der Waals surface area contributed by atoms with Crippen molar-refractivity contribution in [1.82, 2.24) is 14.8 Å². The van der Waals surface area contributed by atoms with Crippen LogP contribution >= 0.6 is 0 Å². The Morgan fingerprint density at radius 1 is 0.885 bits per heavy atom. The maximum atomic E-state index is 13.1. The van der Waals surface area contributed by atoms with Crippen LogP contribution in [0.2, 0.25) is 0 Å². The van der Waals surface area contributed by atoms with Crippen molar-refractivity contribution in [1.29, 1.82) is 0 Å². The van der Waals surface area contributed by atoms with E-state index in [0.717, 1.165) is 12.1 Å². The largest absolute Gasteiger partial charge is 0.573 e. The fourth-order valence-electron chi connectivity index (χ4n) is 2.18. The van der Waals surface area contributed by atoms with Crippen molar-refractivity contribution < 1.29 is 26.7 Å². The minimum absolute atomic E-state index is 0.235. The topological polar surface area (TPSA) is 39.9 Å². The maximum absolute atomic E-state index is 13.1. The summed E-state index contributed by atoms with van der Waals surface area (Å²) >= 11 is 0. The Labute approximate surface area is 144 Å². The molecular formula is C17H11F5N3O. The Kier molecular flexibility index (Phi) is 4.39. The molecule has 0 aliphatic carbocycles. The normalized spacial score (nSPS) is 12.2. The van der Waals surface area contributed by atoms with E-state index in [4.69, 9.17) is 0 Å². The maximum Gasteiger partial charge on any atom is 0.573 e. The lowest BCUT2D eigenvalue weighted by molar-refractivity contribution is -0.274. The van der Waals surface area contributed by atoms with Crippen LogP contribution in [0.1, 0.15) is 5.56 Å². The molecule has 1 aromatic heterocycles. The van der Waals surface area contributed by atoms with E-state index in [1.54, 1.807) is 0 Å². The predicted molar refractivity (Wildman–Crippen MR) is 82.7 cm³/mol. The number of benzene rings is 2. The molecule has 0 unspecified atom stereocenters. The molecule has 0 aliphatic rings. The SMILES string of the molecule is [CH2]C(F)(F)c1ccc(-c2ncn(-c3ccc(OC(F)(F)F)cc3)n2)cc1. The van der Waals surface area contributed by atoms with E-state index >= 15 is 0 Å². The molecule has 3 rings (SSSR count). The second kappa shape index (κ2) is 6.40. The molecule has 135 valence electrons. The Morgan fingerprint density at radius 3 is 2.04 bits per heavy atom. The molecule has 9 heteroatoms. The zero-order chi connectivity index (χ0) is 18.9. The van der Waals surface area contributed by atoms with Crippen LogP contribution in [0.4, 0.5) is 22.0 Å². The number of rotatable bonds is 4. The van der Waals surface area contributed by atoms with Crippen LogP contribution in [0.5, 0.6) is 5.75 Å². The molecule has 0 amide bonds. The van der Waals surface area contributed by atoms with E-state index in [9.17, 15) is 22.0 Å². The van der Waals surface area contributed by atoms with Crippen LogP contribution in [0.3, 0.4) is 0 Å². The van der Waals surface area contributed by atoms with E-state index in [2.05, 4.69) is 21.7 Å². The van der Waals surface area contributed by atoms with E-state index in [0.29, 0.717) is 11.3 Å². The third kappa shape index (κ3) is 4.16. The quantitative estimate of drug-likeness (QED) is 0.624. The first-order valence-electron chi connectivity index (χ1n) is 7.24. The highest BCUT2D eigenvalue weighted by Crippen LogP contribution is 2.28. The van der Waals surface area contributed by atoms with Crippen molar-refractivity contribution >= 4 is 0 Å². The Hall–Kier alpha value is -2.97. The molecule has 0 saturated carbocycles. The predicted octanol–water partition coefficient (Wildman–Crippen LogP) is 4.76. The Morgan fingerprint density at radius 2 is 1.50 bits per heavy atom. The smallest absolute Gasteiger partial charge is 0.406 e. The minimum Gasteiger partial charge on any atom is -0.406 e. The highest BCUT2D eigenvalue weighted by Gasteiger charge is 2.31. The van der Waals surface area contributed by atoms with Crippen LogP contribution in [0, 0.1) is 6.92 Å². The van der Waals surface area contributed by atoms with Crippen molar-refractivity contribution in [3.8, 4) is 22.8 Å². The lowest BCUT2D eigenvalue weighted by atomic mass is 10.1. The average Bonchev–Trinajstić information content (AvgIpc) is 3.03. The van der Waals surface area contributed by atoms with E-state index in [-0.39, 0.29) is 17.1 Å². The van der Waals surface area contributed by atoms with Crippen LogP contribution in [0.25, 0.3) is 17.1 Å². The van der Waals surface area contributed by atoms with Gasteiger partial charge in [-0.15, -0.1) is 18.3 Å². The highest BCUT2D eigenvalue weighted by atomic mass is 19.4. The van der Waals surface area contributed by atoms with Gasteiger partial charge in [0.2, 0.25) is 0 Å². The summed E-state index contributed by atoms with van der Waals surface area (Å²) in [4.78, 5) is 4.07. The van der Waals surface area contributed by atoms with Gasteiger partial charge in [-0.05, 0) is 24.3 Å². The van der Waals surface area contributed by atoms with Crippen molar-refractivity contribution in [2.24, 2.45) is 0 Å². The molecule has 0 saturated heterocycles. The van der Waals surface area contributed by atoms with E-state index < -0.39 is 12.3 Å². The minimum atomic E-state index is -4.76. The van der Waals surface area contributed by atoms with Crippen LogP contribution in [-0.2, 0) is 5.92 Å². The monoisotopic (exact) mass is 368 g/mol. The van der Waals surface area contributed by atoms with Gasteiger partial charge >= 0.3 is 6.36 Å². The zero-order valence-corrected chi connectivity index (χ0v) is 13.0. The van der Waals surface area contributed by atoms with Gasteiger partial charge < -0.3 is 4.74 Å². The average molecular weight is 368 g/mol. The Bertz CT molecular complexity index is 881. The summed E-state index contributed by atoms with van der Waals surface area (Å²) < 4.78 is 67.9. The molecule has 2 aromatic carbocycles. The van der Waals surface area contributed by atoms with Gasteiger partial charge in [-0.3, -0.25) is 0 Å². The van der Waals surface area contributed by atoms with Gasteiger partial charge in [-0.2, -0.15) is 0 Å². The van der Waals surface area contributed by atoms with Gasteiger partial charge in [0.25, 0.3) is 5.92 Å². The first kappa shape index (κ1) is 17.8. The summed E-state index contributed by atoms with van der Waals surface area (Å²) in [5.41, 5.74) is 0.730. The number of hydrogen-bond donors (Lipinski definition) is 0. The van der Waals surface area contributed by atoms with Crippen LogP contribution in [-0.4, -0.2) is 21.1 Å². The first-order valence-corrected chi connectivity index (χ1v) is 7.24. The summed E-state index contributed by atoms with van der Waals surface area (Å²) in [7, 11) is 0. The molecular weight excluding hydrogens is 357 g/mol. The third-order valence-electron chi connectivity index (χ3n) is 3.39. The van der Waals surface area contributed by atoms with Crippen LogP contribution in [0.15, 0.2) is 54.9 Å². The summed E-state index contributed by atoms with van der Waals surface area (Å²) in [6.45, 7) is 2.77. The number of alkyl halides is 5. The summed E-state index contributed by atoms with van der Waals surface area (Å²) in [6, 6.07) is 10.4. The summed E-state index contributed by atoms with van der Waals surface area (Å²) in [6.07, 6.45) is -3.40. The number of hydrogen-bond acceptors (Lipinski definition) is 3. The standard InChI is InChI=1S/C17H11F5N3O/c1-16(18,19)12-4-2-11(3-5-12)15-23-10-25(24-15)13-6-8-14(9-7-13)26-17(20,21)22/h2-10H,1H2. The molecule has 4 nitrogen and oxygen atoms in total. The second-order valence-electron chi connectivity index (χ2n) is 5.34. The molecule has 1 heterocycles. The first-order chi connectivity index (χ1) is 12.1. The van der Waals surface area contributed by atoms with Crippen molar-refractivity contribution in [3.63, 3.8) is 0 Å². The molecule has 0 bridgehead atoms.